The van der Waals surface area contributed by atoms with Crippen LogP contribution in [-0.2, 0) is 14.4 Å². The Kier molecular flexibility index (Phi) is 7.49. The first-order valence-corrected chi connectivity index (χ1v) is 12.1. The van der Waals surface area contributed by atoms with Crippen LogP contribution in [0.5, 0.6) is 0 Å². The molecule has 1 aliphatic heterocycles. The van der Waals surface area contributed by atoms with Crippen molar-refractivity contribution in [2.75, 3.05) is 6.54 Å². The van der Waals surface area contributed by atoms with Gasteiger partial charge in [0.05, 0.1) is 5.02 Å². The van der Waals surface area contributed by atoms with Gasteiger partial charge in [0.2, 0.25) is 5.91 Å². The van der Waals surface area contributed by atoms with Gasteiger partial charge in [0, 0.05) is 35.1 Å². The summed E-state index contributed by atoms with van der Waals surface area (Å²) in [5, 5.41) is 18.7. The first kappa shape index (κ1) is 25.2. The third-order valence-electron chi connectivity index (χ3n) is 6.56. The number of carbonyl (C=O) groups excluding carboxylic acids is 3. The van der Waals surface area contributed by atoms with Crippen molar-refractivity contribution in [2.24, 2.45) is 11.8 Å². The van der Waals surface area contributed by atoms with Crippen molar-refractivity contribution < 1.29 is 28.7 Å². The average Bonchev–Trinajstić information content (AvgIpc) is 3.29. The normalized spacial score (nSPS) is 24.8. The van der Waals surface area contributed by atoms with E-state index in [1.165, 1.54) is 6.07 Å². The topological polar surface area (TPSA) is 138 Å². The Morgan fingerprint density at radius 1 is 1.17 bits per heavy atom. The van der Waals surface area contributed by atoms with Gasteiger partial charge in [-0.1, -0.05) is 23.2 Å². The number of Topliss-reactive ketones (excluding diaryl/α,β-unsaturated/α-hetero) is 1. The maximum absolute atomic E-state index is 12.7. The summed E-state index contributed by atoms with van der Waals surface area (Å²) in [4.78, 5) is 49.3. The molecule has 5 atom stereocenters. The van der Waals surface area contributed by atoms with E-state index in [4.69, 9.17) is 27.6 Å². The molecule has 0 radical (unpaired) electrons. The van der Waals surface area contributed by atoms with Gasteiger partial charge < -0.3 is 25.5 Å². The lowest BCUT2D eigenvalue weighted by Crippen LogP contribution is -2.58. The predicted molar refractivity (Wildman–Crippen MR) is 128 cm³/mol. The molecule has 1 saturated carbocycles. The second-order valence-corrected chi connectivity index (χ2v) is 9.76. The van der Waals surface area contributed by atoms with Crippen molar-refractivity contribution in [2.45, 2.75) is 44.3 Å². The lowest BCUT2D eigenvalue weighted by molar-refractivity contribution is -0.150. The number of carboxylic acid groups (broad SMARTS) is 1. The van der Waals surface area contributed by atoms with E-state index in [-0.39, 0.29) is 30.2 Å². The Hall–Kier alpha value is -2.88. The van der Waals surface area contributed by atoms with Gasteiger partial charge in [0.1, 0.15) is 17.7 Å². The summed E-state index contributed by atoms with van der Waals surface area (Å²) in [5.74, 6) is -3.52. The summed E-state index contributed by atoms with van der Waals surface area (Å²) in [6.07, 6.45) is 1.65. The zero-order chi connectivity index (χ0) is 25.3. The molecule has 1 saturated heterocycles. The highest BCUT2D eigenvalue weighted by Gasteiger charge is 2.44. The minimum absolute atomic E-state index is 0.0183. The maximum Gasteiger partial charge on any atom is 0.315 e. The number of carboxylic acids is 1. The molecule has 1 aromatic heterocycles. The second-order valence-electron chi connectivity index (χ2n) is 8.92. The van der Waals surface area contributed by atoms with Crippen molar-refractivity contribution in [3.63, 3.8) is 0 Å². The largest absolute Gasteiger partial charge is 0.481 e. The molecular weight excluding hydrogens is 497 g/mol. The number of carbonyl (C=O) groups is 4. The van der Waals surface area contributed by atoms with E-state index in [9.17, 15) is 24.3 Å². The molecule has 1 aliphatic carbocycles. The third kappa shape index (κ3) is 5.52. The SMILES string of the molecule is C[C@H](NC(=O)c1ccc(-c2ccc(Cl)cc2Cl)o1)C(=O)NC1CCC2NCC(C(=O)O)C(=O)C2C1. The van der Waals surface area contributed by atoms with Crippen LogP contribution in [-0.4, -0.2) is 53.3 Å². The summed E-state index contributed by atoms with van der Waals surface area (Å²) in [6.45, 7) is 1.68. The summed E-state index contributed by atoms with van der Waals surface area (Å²) < 4.78 is 5.62. The molecule has 35 heavy (non-hydrogen) atoms. The van der Waals surface area contributed by atoms with Gasteiger partial charge in [-0.25, -0.2) is 0 Å². The Morgan fingerprint density at radius 3 is 2.66 bits per heavy atom. The Morgan fingerprint density at radius 2 is 1.94 bits per heavy atom. The van der Waals surface area contributed by atoms with Gasteiger partial charge in [0.25, 0.3) is 5.91 Å². The molecular formula is C24H25Cl2N3O6. The summed E-state index contributed by atoms with van der Waals surface area (Å²) in [6, 6.07) is 6.77. The molecule has 0 spiro atoms. The number of halogens is 2. The second kappa shape index (κ2) is 10.4. The van der Waals surface area contributed by atoms with Crippen LogP contribution in [0.25, 0.3) is 11.3 Å². The van der Waals surface area contributed by atoms with Crippen molar-refractivity contribution >= 4 is 46.8 Å². The monoisotopic (exact) mass is 521 g/mol. The molecule has 2 fully saturated rings. The van der Waals surface area contributed by atoms with Crippen molar-refractivity contribution in [3.05, 3.63) is 46.1 Å². The van der Waals surface area contributed by atoms with Crippen LogP contribution in [0.1, 0.15) is 36.7 Å². The number of hydrogen-bond donors (Lipinski definition) is 4. The fraction of sp³-hybridized carbons (Fsp3) is 0.417. The highest BCUT2D eigenvalue weighted by Crippen LogP contribution is 2.32. The van der Waals surface area contributed by atoms with Gasteiger partial charge >= 0.3 is 5.97 Å². The number of fused-ring (bicyclic) bond motifs is 1. The quantitative estimate of drug-likeness (QED) is 0.428. The van der Waals surface area contributed by atoms with Crippen LogP contribution in [0.2, 0.25) is 10.0 Å². The van der Waals surface area contributed by atoms with E-state index in [1.807, 2.05) is 0 Å². The zero-order valence-electron chi connectivity index (χ0n) is 18.8. The molecule has 4 N–H and O–H groups in total. The zero-order valence-corrected chi connectivity index (χ0v) is 20.4. The molecule has 4 rings (SSSR count). The Bertz CT molecular complexity index is 1170. The number of ketones is 1. The average molecular weight is 522 g/mol. The molecule has 2 aliphatic rings. The highest BCUT2D eigenvalue weighted by molar-refractivity contribution is 6.36. The fourth-order valence-corrected chi connectivity index (χ4v) is 5.15. The van der Waals surface area contributed by atoms with Gasteiger partial charge in [-0.05, 0) is 56.5 Å². The van der Waals surface area contributed by atoms with E-state index < -0.39 is 35.7 Å². The Balaban J connectivity index is 1.33. The van der Waals surface area contributed by atoms with Crippen molar-refractivity contribution in [1.29, 1.82) is 0 Å². The van der Waals surface area contributed by atoms with Gasteiger partial charge in [-0.15, -0.1) is 0 Å². The Labute approximate surface area is 211 Å². The number of aliphatic carboxylic acids is 1. The first-order valence-electron chi connectivity index (χ1n) is 11.3. The van der Waals surface area contributed by atoms with Crippen molar-refractivity contribution in [3.8, 4) is 11.3 Å². The van der Waals surface area contributed by atoms with E-state index in [0.29, 0.717) is 40.6 Å². The highest BCUT2D eigenvalue weighted by atomic mass is 35.5. The van der Waals surface area contributed by atoms with Gasteiger partial charge in [-0.3, -0.25) is 19.2 Å². The fourth-order valence-electron chi connectivity index (χ4n) is 4.65. The standard InChI is InChI=1S/C24H25Cl2N3O6/c1-11(28-23(32)20-7-6-19(35-20)14-4-2-12(25)8-17(14)26)22(31)29-13-3-5-18-15(9-13)21(30)16(10-27-18)24(33)34/h2,4,6-8,11,13,15-16,18,27H,3,5,9-10H2,1H3,(H,28,32)(H,29,31)(H,33,34)/t11-,13?,15?,16?,18?/m0/s1. The summed E-state index contributed by atoms with van der Waals surface area (Å²) >= 11 is 12.1. The predicted octanol–water partition coefficient (Wildman–Crippen LogP) is 2.90. The number of nitrogens with one attached hydrogen (secondary N) is 3. The van der Waals surface area contributed by atoms with Crippen LogP contribution in [0.15, 0.2) is 34.7 Å². The van der Waals surface area contributed by atoms with Crippen molar-refractivity contribution in [1.82, 2.24) is 16.0 Å². The van der Waals surface area contributed by atoms with Gasteiger partial charge in [-0.2, -0.15) is 0 Å². The van der Waals surface area contributed by atoms with Crippen LogP contribution in [0.3, 0.4) is 0 Å². The number of rotatable bonds is 6. The molecule has 2 heterocycles. The third-order valence-corrected chi connectivity index (χ3v) is 7.10. The molecule has 2 aromatic rings. The molecule has 1 aromatic carbocycles. The minimum atomic E-state index is -1.14. The number of piperidine rings is 1. The molecule has 4 unspecified atom stereocenters. The summed E-state index contributed by atoms with van der Waals surface area (Å²) in [5.41, 5.74) is 0.577. The smallest absolute Gasteiger partial charge is 0.315 e. The number of hydrogen-bond acceptors (Lipinski definition) is 6. The molecule has 186 valence electrons. The minimum Gasteiger partial charge on any atom is -0.481 e. The van der Waals surface area contributed by atoms with E-state index in [2.05, 4.69) is 16.0 Å². The number of benzene rings is 1. The lowest BCUT2D eigenvalue weighted by atomic mass is 9.73. The first-order chi connectivity index (χ1) is 16.6. The molecule has 9 nitrogen and oxygen atoms in total. The summed E-state index contributed by atoms with van der Waals surface area (Å²) in [7, 11) is 0. The number of amides is 2. The molecule has 11 heteroatoms. The molecule has 2 amide bonds. The molecule has 0 bridgehead atoms. The maximum atomic E-state index is 12.7. The van der Waals surface area contributed by atoms with Crippen LogP contribution in [0, 0.1) is 11.8 Å². The number of furan rings is 1. The van der Waals surface area contributed by atoms with E-state index in [0.717, 1.165) is 0 Å². The van der Waals surface area contributed by atoms with Gasteiger partial charge in [0.15, 0.2) is 11.5 Å². The lowest BCUT2D eigenvalue weighted by Gasteiger charge is -2.41. The van der Waals surface area contributed by atoms with Crippen LogP contribution < -0.4 is 16.0 Å². The van der Waals surface area contributed by atoms with Crippen LogP contribution >= 0.6 is 23.2 Å². The van der Waals surface area contributed by atoms with E-state index >= 15 is 0 Å². The van der Waals surface area contributed by atoms with E-state index in [1.54, 1.807) is 31.2 Å². The van der Waals surface area contributed by atoms with Crippen LogP contribution in [0.4, 0.5) is 0 Å².